The Morgan fingerprint density at radius 2 is 2.14 bits per heavy atom. The smallest absolute Gasteiger partial charge is 0.309 e. The van der Waals surface area contributed by atoms with E-state index < -0.39 is 17.3 Å². The lowest BCUT2D eigenvalue weighted by atomic mass is 9.89. The zero-order valence-electron chi connectivity index (χ0n) is 11.7. The lowest BCUT2D eigenvalue weighted by Gasteiger charge is -2.20. The maximum atomic E-state index is 11.9. The molecule has 7 nitrogen and oxygen atoms in total. The van der Waals surface area contributed by atoms with Crippen LogP contribution in [-0.2, 0) is 14.4 Å². The molecule has 0 saturated carbocycles. The van der Waals surface area contributed by atoms with E-state index in [2.05, 4.69) is 10.6 Å². The van der Waals surface area contributed by atoms with Crippen LogP contribution in [0.2, 0.25) is 0 Å². The normalized spacial score (nSPS) is 13.7. The number of carbonyl (C=O) groups excluding carboxylic acids is 2. The molecule has 21 heavy (non-hydrogen) atoms. The minimum atomic E-state index is -1.14. The van der Waals surface area contributed by atoms with Crippen LogP contribution in [0.15, 0.2) is 18.2 Å². The number of rotatable bonds is 4. The summed E-state index contributed by atoms with van der Waals surface area (Å²) in [6, 6.07) is 4.83. The second kappa shape index (κ2) is 5.43. The third-order valence-corrected chi connectivity index (χ3v) is 3.08. The number of anilines is 2. The third-order valence-electron chi connectivity index (χ3n) is 3.08. The van der Waals surface area contributed by atoms with Gasteiger partial charge in [-0.15, -0.1) is 0 Å². The molecule has 1 heterocycles. The molecule has 0 bridgehead atoms. The second-order valence-electron chi connectivity index (χ2n) is 5.46. The van der Waals surface area contributed by atoms with Crippen molar-refractivity contribution >= 4 is 29.2 Å². The van der Waals surface area contributed by atoms with Crippen LogP contribution in [0, 0.1) is 5.41 Å². The Bertz CT molecular complexity index is 609. The number of carbonyl (C=O) groups is 3. The van der Waals surface area contributed by atoms with Gasteiger partial charge >= 0.3 is 5.97 Å². The summed E-state index contributed by atoms with van der Waals surface area (Å²) in [6.45, 7) is 2.93. The Balaban J connectivity index is 2.07. The van der Waals surface area contributed by atoms with E-state index in [1.54, 1.807) is 18.2 Å². The monoisotopic (exact) mass is 292 g/mol. The van der Waals surface area contributed by atoms with Crippen LogP contribution in [0.5, 0.6) is 5.75 Å². The second-order valence-corrected chi connectivity index (χ2v) is 5.46. The van der Waals surface area contributed by atoms with Crippen LogP contribution in [0.1, 0.15) is 20.3 Å². The molecule has 2 amide bonds. The Hall–Kier alpha value is -2.57. The van der Waals surface area contributed by atoms with Gasteiger partial charge in [0.1, 0.15) is 5.75 Å². The van der Waals surface area contributed by atoms with E-state index in [-0.39, 0.29) is 18.9 Å². The molecule has 1 aliphatic rings. The number of aliphatic carboxylic acids is 1. The van der Waals surface area contributed by atoms with Gasteiger partial charge in [-0.25, -0.2) is 0 Å². The molecular formula is C14H16N2O5. The first-order chi connectivity index (χ1) is 9.78. The van der Waals surface area contributed by atoms with E-state index in [1.165, 1.54) is 13.8 Å². The van der Waals surface area contributed by atoms with Crippen molar-refractivity contribution in [2.75, 3.05) is 17.2 Å². The fraction of sp³-hybridized carbons (Fsp3) is 0.357. The highest BCUT2D eigenvalue weighted by Gasteiger charge is 2.30. The molecule has 112 valence electrons. The summed E-state index contributed by atoms with van der Waals surface area (Å²) in [7, 11) is 0. The number of hydrogen-bond donors (Lipinski definition) is 3. The van der Waals surface area contributed by atoms with E-state index in [0.717, 1.165) is 0 Å². The van der Waals surface area contributed by atoms with Gasteiger partial charge in [0.25, 0.3) is 5.91 Å². The molecule has 0 saturated heterocycles. The number of amides is 2. The topological polar surface area (TPSA) is 105 Å². The summed E-state index contributed by atoms with van der Waals surface area (Å²) < 4.78 is 5.21. The molecule has 1 aliphatic heterocycles. The Morgan fingerprint density at radius 1 is 1.43 bits per heavy atom. The first kappa shape index (κ1) is 14.8. The van der Waals surface area contributed by atoms with Crippen molar-refractivity contribution in [3.8, 4) is 5.75 Å². The number of carboxylic acids is 1. The van der Waals surface area contributed by atoms with Gasteiger partial charge in [-0.2, -0.15) is 0 Å². The largest absolute Gasteiger partial charge is 0.482 e. The predicted molar refractivity (Wildman–Crippen MR) is 75.2 cm³/mol. The highest BCUT2D eigenvalue weighted by atomic mass is 16.5. The van der Waals surface area contributed by atoms with Gasteiger partial charge in [-0.3, -0.25) is 14.4 Å². The Labute approximate surface area is 121 Å². The molecule has 1 aromatic rings. The number of benzene rings is 1. The lowest BCUT2D eigenvalue weighted by Crippen LogP contribution is -2.29. The molecule has 0 unspecified atom stereocenters. The van der Waals surface area contributed by atoms with Crippen molar-refractivity contribution in [1.82, 2.24) is 0 Å². The number of carboxylic acid groups (broad SMARTS) is 1. The minimum Gasteiger partial charge on any atom is -0.482 e. The molecule has 7 heteroatoms. The van der Waals surface area contributed by atoms with Crippen LogP contribution < -0.4 is 15.4 Å². The quantitative estimate of drug-likeness (QED) is 0.779. The minimum absolute atomic E-state index is 0.0362. The van der Waals surface area contributed by atoms with Crippen molar-refractivity contribution in [2.24, 2.45) is 5.41 Å². The zero-order valence-corrected chi connectivity index (χ0v) is 11.7. The first-order valence-electron chi connectivity index (χ1n) is 6.38. The van der Waals surface area contributed by atoms with Gasteiger partial charge in [-0.05, 0) is 32.0 Å². The van der Waals surface area contributed by atoms with Gasteiger partial charge < -0.3 is 20.5 Å². The molecule has 0 spiro atoms. The summed E-state index contributed by atoms with van der Waals surface area (Å²) in [6.07, 6.45) is -0.151. The van der Waals surface area contributed by atoms with Crippen LogP contribution in [0.3, 0.4) is 0 Å². The summed E-state index contributed by atoms with van der Waals surface area (Å²) in [5.41, 5.74) is -0.206. The first-order valence-corrected chi connectivity index (χ1v) is 6.38. The molecule has 3 N–H and O–H groups in total. The van der Waals surface area contributed by atoms with Crippen LogP contribution in [0.4, 0.5) is 11.4 Å². The van der Waals surface area contributed by atoms with E-state index in [1.807, 2.05) is 0 Å². The van der Waals surface area contributed by atoms with Crippen LogP contribution in [-0.4, -0.2) is 29.5 Å². The van der Waals surface area contributed by atoms with E-state index >= 15 is 0 Å². The van der Waals surface area contributed by atoms with Gasteiger partial charge in [0.15, 0.2) is 6.61 Å². The fourth-order valence-electron chi connectivity index (χ4n) is 1.84. The molecule has 0 fully saturated rings. The SMILES string of the molecule is CC(C)(CC(=O)Nc1ccc2c(c1)NC(=O)CO2)C(=O)O. The number of fused-ring (bicyclic) bond motifs is 1. The Morgan fingerprint density at radius 3 is 2.81 bits per heavy atom. The van der Waals surface area contributed by atoms with E-state index in [0.29, 0.717) is 17.1 Å². The molecule has 0 atom stereocenters. The zero-order chi connectivity index (χ0) is 15.6. The third kappa shape index (κ3) is 3.50. The number of hydrogen-bond acceptors (Lipinski definition) is 4. The van der Waals surface area contributed by atoms with E-state index in [9.17, 15) is 14.4 Å². The average molecular weight is 292 g/mol. The van der Waals surface area contributed by atoms with Gasteiger partial charge in [0, 0.05) is 12.1 Å². The predicted octanol–water partition coefficient (Wildman–Crippen LogP) is 1.46. The van der Waals surface area contributed by atoms with Crippen LogP contribution in [0.25, 0.3) is 0 Å². The molecule has 0 radical (unpaired) electrons. The van der Waals surface area contributed by atoms with Crippen LogP contribution >= 0.6 is 0 Å². The maximum absolute atomic E-state index is 11.9. The van der Waals surface area contributed by atoms with Crippen molar-refractivity contribution in [2.45, 2.75) is 20.3 Å². The maximum Gasteiger partial charge on any atom is 0.309 e. The fourth-order valence-corrected chi connectivity index (χ4v) is 1.84. The summed E-state index contributed by atoms with van der Waals surface area (Å²) in [5.74, 6) is -1.19. The van der Waals surface area contributed by atoms with Crippen molar-refractivity contribution in [1.29, 1.82) is 0 Å². The molecule has 0 aromatic heterocycles. The molecule has 2 rings (SSSR count). The summed E-state index contributed by atoms with van der Waals surface area (Å²) >= 11 is 0. The van der Waals surface area contributed by atoms with Gasteiger partial charge in [0.05, 0.1) is 11.1 Å². The number of nitrogens with one attached hydrogen (secondary N) is 2. The molecule has 0 aliphatic carbocycles. The summed E-state index contributed by atoms with van der Waals surface area (Å²) in [4.78, 5) is 34.1. The van der Waals surface area contributed by atoms with Crippen molar-refractivity contribution in [3.63, 3.8) is 0 Å². The lowest BCUT2D eigenvalue weighted by molar-refractivity contribution is -0.149. The highest BCUT2D eigenvalue weighted by molar-refractivity contribution is 5.98. The molecule has 1 aromatic carbocycles. The van der Waals surface area contributed by atoms with Crippen molar-refractivity contribution in [3.05, 3.63) is 18.2 Å². The number of ether oxygens (including phenoxy) is 1. The Kier molecular flexibility index (Phi) is 3.84. The summed E-state index contributed by atoms with van der Waals surface area (Å²) in [5, 5.41) is 14.2. The standard InChI is InChI=1S/C14H16N2O5/c1-14(2,13(19)20)6-11(17)15-8-3-4-10-9(5-8)16-12(18)7-21-10/h3-5H,6-7H2,1-2H3,(H,15,17)(H,16,18)(H,19,20). The average Bonchev–Trinajstić information content (AvgIpc) is 2.37. The molecular weight excluding hydrogens is 276 g/mol. The van der Waals surface area contributed by atoms with E-state index in [4.69, 9.17) is 9.84 Å². The van der Waals surface area contributed by atoms with Gasteiger partial charge in [0.2, 0.25) is 5.91 Å². The van der Waals surface area contributed by atoms with Crippen molar-refractivity contribution < 1.29 is 24.2 Å². The highest BCUT2D eigenvalue weighted by Crippen LogP contribution is 2.30. The van der Waals surface area contributed by atoms with Gasteiger partial charge in [-0.1, -0.05) is 0 Å².